The van der Waals surface area contributed by atoms with E-state index in [9.17, 15) is 4.79 Å². The summed E-state index contributed by atoms with van der Waals surface area (Å²) >= 11 is 0. The maximum absolute atomic E-state index is 12.0. The molecule has 0 N–H and O–H groups in total. The highest BCUT2D eigenvalue weighted by atomic mass is 16.6. The highest BCUT2D eigenvalue weighted by Crippen LogP contribution is 2.27. The zero-order chi connectivity index (χ0) is 14.4. The van der Waals surface area contributed by atoms with Crippen molar-refractivity contribution >= 4 is 5.97 Å². The highest BCUT2D eigenvalue weighted by molar-refractivity contribution is 5.76. The van der Waals surface area contributed by atoms with Crippen LogP contribution in [-0.4, -0.2) is 24.3 Å². The van der Waals surface area contributed by atoms with E-state index in [0.29, 0.717) is 0 Å². The lowest BCUT2D eigenvalue weighted by atomic mass is 9.86. The minimum Gasteiger partial charge on any atom is -0.460 e. The fourth-order valence-electron chi connectivity index (χ4n) is 1.72. The first kappa shape index (κ1) is 17.4. The van der Waals surface area contributed by atoms with E-state index in [1.165, 1.54) is 0 Å². The van der Waals surface area contributed by atoms with Gasteiger partial charge >= 0.3 is 5.97 Å². The predicted molar refractivity (Wildman–Crippen MR) is 74.6 cm³/mol. The first-order chi connectivity index (χ1) is 8.08. The molecule has 0 saturated carbocycles. The number of rotatable bonds is 7. The molecule has 1 unspecified atom stereocenters. The predicted octanol–water partition coefficient (Wildman–Crippen LogP) is 3.95. The molecule has 1 atom stereocenters. The van der Waals surface area contributed by atoms with Crippen molar-refractivity contribution in [3.05, 3.63) is 0 Å². The van der Waals surface area contributed by atoms with E-state index < -0.39 is 11.0 Å². The van der Waals surface area contributed by atoms with Crippen LogP contribution in [0.25, 0.3) is 0 Å². The average Bonchev–Trinajstić information content (AvgIpc) is 2.14. The Labute approximate surface area is 112 Å². The van der Waals surface area contributed by atoms with Crippen molar-refractivity contribution in [1.82, 2.24) is 0 Å². The summed E-state index contributed by atoms with van der Waals surface area (Å²) in [7, 11) is 0. The van der Waals surface area contributed by atoms with Crippen LogP contribution in [0.5, 0.6) is 0 Å². The molecular weight excluding hydrogens is 228 g/mol. The van der Waals surface area contributed by atoms with Crippen LogP contribution >= 0.6 is 0 Å². The molecule has 0 aromatic rings. The van der Waals surface area contributed by atoms with Gasteiger partial charge in [-0.1, -0.05) is 0 Å². The van der Waals surface area contributed by atoms with Gasteiger partial charge in [0.05, 0.1) is 11.5 Å². The number of esters is 1. The summed E-state index contributed by atoms with van der Waals surface area (Å²) < 4.78 is 10.9. The van der Waals surface area contributed by atoms with E-state index >= 15 is 0 Å². The van der Waals surface area contributed by atoms with Crippen molar-refractivity contribution in [3.8, 4) is 0 Å². The van der Waals surface area contributed by atoms with Gasteiger partial charge in [-0.15, -0.1) is 0 Å². The maximum Gasteiger partial charge on any atom is 0.312 e. The van der Waals surface area contributed by atoms with Crippen molar-refractivity contribution < 1.29 is 14.3 Å². The molecule has 0 aliphatic heterocycles. The van der Waals surface area contributed by atoms with Gasteiger partial charge in [0, 0.05) is 6.61 Å². The number of ether oxygens (including phenoxy) is 2. The molecule has 18 heavy (non-hydrogen) atoms. The Morgan fingerprint density at radius 3 is 2.17 bits per heavy atom. The summed E-state index contributed by atoms with van der Waals surface area (Å²) in [5, 5.41) is 0. The van der Waals surface area contributed by atoms with Crippen molar-refractivity contribution in [1.29, 1.82) is 0 Å². The number of carbonyl (C=O) groups is 1. The van der Waals surface area contributed by atoms with Crippen molar-refractivity contribution in [2.45, 2.75) is 79.4 Å². The monoisotopic (exact) mass is 258 g/mol. The van der Waals surface area contributed by atoms with E-state index in [0.717, 1.165) is 25.9 Å². The van der Waals surface area contributed by atoms with Crippen LogP contribution < -0.4 is 0 Å². The maximum atomic E-state index is 12.0. The lowest BCUT2D eigenvalue weighted by Gasteiger charge is -2.28. The smallest absolute Gasteiger partial charge is 0.312 e. The van der Waals surface area contributed by atoms with Crippen LogP contribution in [0.3, 0.4) is 0 Å². The van der Waals surface area contributed by atoms with Gasteiger partial charge in [-0.05, 0) is 67.7 Å². The fraction of sp³-hybridized carbons (Fsp3) is 0.933. The molecule has 0 amide bonds. The van der Waals surface area contributed by atoms with Gasteiger partial charge in [0.1, 0.15) is 5.60 Å². The van der Waals surface area contributed by atoms with Crippen LogP contribution in [0, 0.1) is 5.41 Å². The van der Waals surface area contributed by atoms with Gasteiger partial charge in [-0.3, -0.25) is 4.79 Å². The summed E-state index contributed by atoms with van der Waals surface area (Å²) in [6, 6.07) is 0. The molecule has 3 heteroatoms. The normalized spacial score (nSPS) is 14.4. The zero-order valence-corrected chi connectivity index (χ0v) is 13.1. The average molecular weight is 258 g/mol. The number of hydrogen-bond donors (Lipinski definition) is 0. The van der Waals surface area contributed by atoms with E-state index in [1.807, 2.05) is 41.5 Å². The van der Waals surface area contributed by atoms with Crippen LogP contribution in [-0.2, 0) is 14.3 Å². The summed E-state index contributed by atoms with van der Waals surface area (Å²) in [4.78, 5) is 12.0. The Bertz CT molecular complexity index is 251. The zero-order valence-electron chi connectivity index (χ0n) is 13.1. The van der Waals surface area contributed by atoms with Gasteiger partial charge in [0.15, 0.2) is 0 Å². The summed E-state index contributed by atoms with van der Waals surface area (Å²) in [6.45, 7) is 14.4. The molecule has 0 saturated heterocycles. The molecule has 3 nitrogen and oxygen atoms in total. The van der Waals surface area contributed by atoms with Gasteiger partial charge in [0.25, 0.3) is 0 Å². The Morgan fingerprint density at radius 1 is 1.17 bits per heavy atom. The Morgan fingerprint density at radius 2 is 1.72 bits per heavy atom. The van der Waals surface area contributed by atoms with Crippen molar-refractivity contribution in [3.63, 3.8) is 0 Å². The third kappa shape index (κ3) is 7.70. The van der Waals surface area contributed by atoms with Crippen LogP contribution in [0.2, 0.25) is 0 Å². The van der Waals surface area contributed by atoms with Gasteiger partial charge < -0.3 is 9.47 Å². The molecule has 0 aromatic carbocycles. The Balaban J connectivity index is 4.10. The largest absolute Gasteiger partial charge is 0.460 e. The second-order valence-electron chi connectivity index (χ2n) is 6.54. The molecule has 0 heterocycles. The molecule has 0 aliphatic rings. The Kier molecular flexibility index (Phi) is 6.90. The molecule has 0 radical (unpaired) electrons. The SMILES string of the molecule is CCOC(C)CCCC(C)(C)C(=O)OC(C)(C)C. The lowest BCUT2D eigenvalue weighted by molar-refractivity contribution is -0.166. The van der Waals surface area contributed by atoms with Crippen LogP contribution in [0.4, 0.5) is 0 Å². The van der Waals surface area contributed by atoms with E-state index in [4.69, 9.17) is 9.47 Å². The third-order valence-corrected chi connectivity index (χ3v) is 2.82. The van der Waals surface area contributed by atoms with Crippen LogP contribution in [0.1, 0.15) is 67.7 Å². The van der Waals surface area contributed by atoms with Crippen molar-refractivity contribution in [2.24, 2.45) is 5.41 Å². The molecule has 0 aliphatic carbocycles. The number of carbonyl (C=O) groups excluding carboxylic acids is 1. The summed E-state index contributed by atoms with van der Waals surface area (Å²) in [5.74, 6) is -0.112. The first-order valence-corrected chi connectivity index (χ1v) is 6.93. The molecule has 108 valence electrons. The standard InChI is InChI=1S/C15H30O3/c1-8-17-12(2)10-9-11-15(6,7)13(16)18-14(3,4)5/h12H,8-11H2,1-7H3. The molecule has 0 fully saturated rings. The molecular formula is C15H30O3. The Hall–Kier alpha value is -0.570. The lowest BCUT2D eigenvalue weighted by Crippen LogP contribution is -2.34. The minimum atomic E-state index is -0.417. The third-order valence-electron chi connectivity index (χ3n) is 2.82. The second-order valence-corrected chi connectivity index (χ2v) is 6.54. The first-order valence-electron chi connectivity index (χ1n) is 6.93. The van der Waals surface area contributed by atoms with E-state index in [2.05, 4.69) is 6.92 Å². The van der Waals surface area contributed by atoms with Crippen molar-refractivity contribution in [2.75, 3.05) is 6.61 Å². The van der Waals surface area contributed by atoms with E-state index in [-0.39, 0.29) is 12.1 Å². The summed E-state index contributed by atoms with van der Waals surface area (Å²) in [6.07, 6.45) is 3.07. The summed E-state index contributed by atoms with van der Waals surface area (Å²) in [5.41, 5.74) is -0.827. The minimum absolute atomic E-state index is 0.112. The quantitative estimate of drug-likeness (QED) is 0.649. The topological polar surface area (TPSA) is 35.5 Å². The van der Waals surface area contributed by atoms with Gasteiger partial charge in [-0.25, -0.2) is 0 Å². The van der Waals surface area contributed by atoms with Crippen LogP contribution in [0.15, 0.2) is 0 Å². The second kappa shape index (κ2) is 7.13. The highest BCUT2D eigenvalue weighted by Gasteiger charge is 2.32. The van der Waals surface area contributed by atoms with Gasteiger partial charge in [-0.2, -0.15) is 0 Å². The molecule has 0 rings (SSSR count). The number of hydrogen-bond acceptors (Lipinski definition) is 3. The molecule has 0 bridgehead atoms. The fourth-order valence-corrected chi connectivity index (χ4v) is 1.72. The van der Waals surface area contributed by atoms with Gasteiger partial charge in [0.2, 0.25) is 0 Å². The molecule has 0 spiro atoms. The molecule has 0 aromatic heterocycles. The van der Waals surface area contributed by atoms with E-state index in [1.54, 1.807) is 0 Å².